The molecule has 2 saturated carbocycles. The van der Waals surface area contributed by atoms with Crippen molar-refractivity contribution < 1.29 is 5.11 Å². The molecule has 0 amide bonds. The van der Waals surface area contributed by atoms with Crippen LogP contribution in [0.2, 0.25) is 0 Å². The molecular weight excluding hydrogens is 174 g/mol. The molecular formula is C12H23NO. The van der Waals surface area contributed by atoms with Crippen molar-refractivity contribution >= 4 is 0 Å². The van der Waals surface area contributed by atoms with Gasteiger partial charge < -0.3 is 5.11 Å². The molecule has 2 fully saturated rings. The first-order valence-corrected chi connectivity index (χ1v) is 6.19. The monoisotopic (exact) mass is 197 g/mol. The molecule has 2 unspecified atom stereocenters. The predicted molar refractivity (Wildman–Crippen MR) is 58.3 cm³/mol. The molecule has 0 saturated heterocycles. The molecule has 2 aliphatic rings. The Balaban J connectivity index is 1.90. The third-order valence-corrected chi connectivity index (χ3v) is 3.84. The van der Waals surface area contributed by atoms with Gasteiger partial charge in [0.15, 0.2) is 0 Å². The number of nitrogens with zero attached hydrogens (tertiary/aromatic N) is 1. The minimum absolute atomic E-state index is 0.0686. The van der Waals surface area contributed by atoms with E-state index in [2.05, 4.69) is 11.9 Å². The normalized spacial score (nSPS) is 35.4. The molecule has 0 aromatic carbocycles. The molecule has 14 heavy (non-hydrogen) atoms. The highest BCUT2D eigenvalue weighted by Crippen LogP contribution is 2.31. The van der Waals surface area contributed by atoms with Crippen LogP contribution >= 0.6 is 0 Å². The van der Waals surface area contributed by atoms with E-state index in [0.29, 0.717) is 6.04 Å². The smallest absolute Gasteiger partial charge is 0.0695 e. The van der Waals surface area contributed by atoms with E-state index in [1.807, 2.05) is 0 Å². The predicted octanol–water partition coefficient (Wildman–Crippen LogP) is 2.16. The Morgan fingerprint density at radius 1 is 0.929 bits per heavy atom. The SMILES string of the molecule is CN(C1CC1)C1CCCCCCC1O. The van der Waals surface area contributed by atoms with Gasteiger partial charge in [0.05, 0.1) is 6.10 Å². The summed E-state index contributed by atoms with van der Waals surface area (Å²) in [5.74, 6) is 0. The van der Waals surface area contributed by atoms with Crippen molar-refractivity contribution in [2.45, 2.75) is 69.6 Å². The third-order valence-electron chi connectivity index (χ3n) is 3.84. The van der Waals surface area contributed by atoms with Gasteiger partial charge in [-0.2, -0.15) is 0 Å². The van der Waals surface area contributed by atoms with Crippen LogP contribution in [-0.2, 0) is 0 Å². The fourth-order valence-corrected chi connectivity index (χ4v) is 2.67. The molecule has 0 aromatic heterocycles. The summed E-state index contributed by atoms with van der Waals surface area (Å²) in [5, 5.41) is 10.1. The van der Waals surface area contributed by atoms with Gasteiger partial charge in [-0.3, -0.25) is 4.90 Å². The van der Waals surface area contributed by atoms with Gasteiger partial charge in [0.1, 0.15) is 0 Å². The Morgan fingerprint density at radius 3 is 2.21 bits per heavy atom. The topological polar surface area (TPSA) is 23.5 Å². The maximum absolute atomic E-state index is 10.1. The second kappa shape index (κ2) is 4.63. The summed E-state index contributed by atoms with van der Waals surface area (Å²) in [6.45, 7) is 0. The number of hydrogen-bond donors (Lipinski definition) is 1. The minimum atomic E-state index is -0.0686. The fraction of sp³-hybridized carbons (Fsp3) is 1.00. The Bertz CT molecular complexity index is 179. The first-order chi connectivity index (χ1) is 6.79. The van der Waals surface area contributed by atoms with E-state index in [4.69, 9.17) is 0 Å². The molecule has 2 atom stereocenters. The molecule has 0 heterocycles. The minimum Gasteiger partial charge on any atom is -0.391 e. The van der Waals surface area contributed by atoms with E-state index >= 15 is 0 Å². The summed E-state index contributed by atoms with van der Waals surface area (Å²) in [5.41, 5.74) is 0. The zero-order chi connectivity index (χ0) is 9.97. The third kappa shape index (κ3) is 2.48. The molecule has 82 valence electrons. The molecule has 2 heteroatoms. The summed E-state index contributed by atoms with van der Waals surface area (Å²) >= 11 is 0. The Labute approximate surface area is 87.3 Å². The highest BCUT2D eigenvalue weighted by atomic mass is 16.3. The van der Waals surface area contributed by atoms with Crippen molar-refractivity contribution in [1.29, 1.82) is 0 Å². The average Bonchev–Trinajstić information content (AvgIpc) is 2.94. The highest BCUT2D eigenvalue weighted by molar-refractivity contribution is 4.89. The van der Waals surface area contributed by atoms with Crippen LogP contribution < -0.4 is 0 Å². The van der Waals surface area contributed by atoms with E-state index in [0.717, 1.165) is 12.5 Å². The van der Waals surface area contributed by atoms with Gasteiger partial charge in [-0.25, -0.2) is 0 Å². The Hall–Kier alpha value is -0.0800. The van der Waals surface area contributed by atoms with Gasteiger partial charge in [-0.1, -0.05) is 25.7 Å². The first-order valence-electron chi connectivity index (χ1n) is 6.19. The van der Waals surface area contributed by atoms with Crippen molar-refractivity contribution in [2.75, 3.05) is 7.05 Å². The van der Waals surface area contributed by atoms with Crippen molar-refractivity contribution in [1.82, 2.24) is 4.90 Å². The van der Waals surface area contributed by atoms with Crippen LogP contribution in [0.5, 0.6) is 0 Å². The maximum Gasteiger partial charge on any atom is 0.0695 e. The molecule has 0 aliphatic heterocycles. The summed E-state index contributed by atoms with van der Waals surface area (Å²) < 4.78 is 0. The second-order valence-electron chi connectivity index (χ2n) is 5.02. The van der Waals surface area contributed by atoms with Crippen LogP contribution in [0.4, 0.5) is 0 Å². The van der Waals surface area contributed by atoms with Crippen LogP contribution in [-0.4, -0.2) is 35.2 Å². The Kier molecular flexibility index (Phi) is 3.45. The van der Waals surface area contributed by atoms with Crippen molar-refractivity contribution in [3.8, 4) is 0 Å². The summed E-state index contributed by atoms with van der Waals surface area (Å²) in [6, 6.07) is 1.23. The van der Waals surface area contributed by atoms with Crippen LogP contribution in [0, 0.1) is 0 Å². The zero-order valence-electron chi connectivity index (χ0n) is 9.28. The van der Waals surface area contributed by atoms with Gasteiger partial charge in [0.25, 0.3) is 0 Å². The second-order valence-corrected chi connectivity index (χ2v) is 5.02. The number of aliphatic hydroxyl groups excluding tert-OH is 1. The van der Waals surface area contributed by atoms with E-state index in [1.54, 1.807) is 0 Å². The van der Waals surface area contributed by atoms with Crippen LogP contribution in [0.25, 0.3) is 0 Å². The fourth-order valence-electron chi connectivity index (χ4n) is 2.67. The summed E-state index contributed by atoms with van der Waals surface area (Å²) in [6.07, 6.45) is 10.0. The van der Waals surface area contributed by atoms with E-state index in [1.165, 1.54) is 44.9 Å². The van der Waals surface area contributed by atoms with Crippen LogP contribution in [0.1, 0.15) is 51.4 Å². The molecule has 2 aliphatic carbocycles. The van der Waals surface area contributed by atoms with Gasteiger partial charge >= 0.3 is 0 Å². The van der Waals surface area contributed by atoms with E-state index in [9.17, 15) is 5.11 Å². The maximum atomic E-state index is 10.1. The standard InChI is InChI=1S/C12H23NO/c1-13(10-8-9-10)11-6-4-2-3-5-7-12(11)14/h10-12,14H,2-9H2,1H3. The van der Waals surface area contributed by atoms with Crippen LogP contribution in [0.3, 0.4) is 0 Å². The highest BCUT2D eigenvalue weighted by Gasteiger charge is 2.34. The lowest BCUT2D eigenvalue weighted by Gasteiger charge is -2.33. The summed E-state index contributed by atoms with van der Waals surface area (Å²) in [4.78, 5) is 2.44. The Morgan fingerprint density at radius 2 is 1.57 bits per heavy atom. The molecule has 0 spiro atoms. The molecule has 0 radical (unpaired) electrons. The quantitative estimate of drug-likeness (QED) is 0.733. The number of aliphatic hydroxyl groups is 1. The van der Waals surface area contributed by atoms with Crippen LogP contribution in [0.15, 0.2) is 0 Å². The lowest BCUT2D eigenvalue weighted by Crippen LogP contribution is -2.43. The lowest BCUT2D eigenvalue weighted by atomic mass is 9.93. The lowest BCUT2D eigenvalue weighted by molar-refractivity contribution is 0.0404. The number of rotatable bonds is 2. The zero-order valence-corrected chi connectivity index (χ0v) is 9.28. The summed E-state index contributed by atoms with van der Waals surface area (Å²) in [7, 11) is 2.20. The van der Waals surface area contributed by atoms with Gasteiger partial charge in [-0.15, -0.1) is 0 Å². The number of hydrogen-bond acceptors (Lipinski definition) is 2. The molecule has 0 aromatic rings. The largest absolute Gasteiger partial charge is 0.391 e. The van der Waals surface area contributed by atoms with E-state index in [-0.39, 0.29) is 6.10 Å². The number of likely N-dealkylation sites (N-methyl/N-ethyl adjacent to an activating group) is 1. The van der Waals surface area contributed by atoms with Crippen molar-refractivity contribution in [3.05, 3.63) is 0 Å². The average molecular weight is 197 g/mol. The van der Waals surface area contributed by atoms with Gasteiger partial charge in [0, 0.05) is 12.1 Å². The van der Waals surface area contributed by atoms with Gasteiger partial charge in [-0.05, 0) is 32.7 Å². The molecule has 2 nitrogen and oxygen atoms in total. The molecule has 0 bridgehead atoms. The van der Waals surface area contributed by atoms with Crippen molar-refractivity contribution in [3.63, 3.8) is 0 Å². The van der Waals surface area contributed by atoms with Gasteiger partial charge in [0.2, 0.25) is 0 Å². The van der Waals surface area contributed by atoms with E-state index < -0.39 is 0 Å². The first kappa shape index (κ1) is 10.4. The molecule has 2 rings (SSSR count). The van der Waals surface area contributed by atoms with Crippen molar-refractivity contribution in [2.24, 2.45) is 0 Å². The molecule has 1 N–H and O–H groups in total.